The fourth-order valence-corrected chi connectivity index (χ4v) is 7.98. The fraction of sp³-hybridized carbons (Fsp3) is 0.185. The molecule has 0 unspecified atom stereocenters. The van der Waals surface area contributed by atoms with E-state index in [9.17, 15) is 0 Å². The van der Waals surface area contributed by atoms with E-state index in [0.29, 0.717) is 5.82 Å². The van der Waals surface area contributed by atoms with Gasteiger partial charge < -0.3 is 0 Å². The zero-order chi connectivity index (χ0) is 47.4. The summed E-state index contributed by atoms with van der Waals surface area (Å²) < 4.78 is 5.40. The molecule has 3 aromatic carbocycles. The quantitative estimate of drug-likeness (QED) is 0.142. The Balaban J connectivity index is 0.000000120. The van der Waals surface area contributed by atoms with Crippen molar-refractivity contribution in [3.05, 3.63) is 197 Å². The highest BCUT2D eigenvalue weighted by molar-refractivity contribution is 5.81. The first-order valence-electron chi connectivity index (χ1n) is 22.9. The third-order valence-corrected chi connectivity index (χ3v) is 11.8. The average molecular weight is 908 g/mol. The van der Waals surface area contributed by atoms with Gasteiger partial charge in [0.2, 0.25) is 0 Å². The molecule has 69 heavy (non-hydrogen) atoms. The third kappa shape index (κ3) is 9.74. The van der Waals surface area contributed by atoms with Gasteiger partial charge in [0.15, 0.2) is 34.4 Å². The summed E-state index contributed by atoms with van der Waals surface area (Å²) in [5, 5.41) is 17.1. The Bertz CT molecular complexity index is 3560. The number of aromatic nitrogens is 15. The molecule has 0 aliphatic rings. The van der Waals surface area contributed by atoms with E-state index in [1.165, 1.54) is 10.8 Å². The van der Waals surface area contributed by atoms with Gasteiger partial charge in [-0.05, 0) is 103 Å². The van der Waals surface area contributed by atoms with Crippen LogP contribution in [0.4, 0.5) is 0 Å². The van der Waals surface area contributed by atoms with E-state index < -0.39 is 0 Å². The largest absolute Gasteiger partial charge is 0.253 e. The Labute approximate surface area is 397 Å². The molecule has 9 aromatic heterocycles. The minimum Gasteiger partial charge on any atom is -0.253 e. The summed E-state index contributed by atoms with van der Waals surface area (Å²) in [6, 6.07) is 36.9. The molecule has 15 heteroatoms. The Morgan fingerprint density at radius 1 is 0.377 bits per heavy atom. The van der Waals surface area contributed by atoms with E-state index in [2.05, 4.69) is 98.7 Å². The molecule has 12 rings (SSSR count). The standard InChI is InChI=1S/2C18H17N5.C18H15N5/c3*1-12-11-19-13(2)23-18(12)21-17(22-23)10-9-15-8-7-14-5-3-4-6-16(14)20-15/h2*3-8,11H,9-10H2,1-2H3;3-11H,1-2H3/b;;10-9+. The van der Waals surface area contributed by atoms with Crippen LogP contribution in [-0.2, 0) is 25.7 Å². The Morgan fingerprint density at radius 2 is 0.783 bits per heavy atom. The van der Waals surface area contributed by atoms with Crippen molar-refractivity contribution in [3.63, 3.8) is 0 Å². The lowest BCUT2D eigenvalue weighted by molar-refractivity contribution is 0.795. The minimum atomic E-state index is 0.652. The molecule has 0 amide bonds. The number of hydrogen-bond donors (Lipinski definition) is 0. The summed E-state index contributed by atoms with van der Waals surface area (Å²) in [5.41, 5.74) is 11.8. The molecular weight excluding hydrogens is 859 g/mol. The van der Waals surface area contributed by atoms with Crippen LogP contribution in [0.2, 0.25) is 0 Å². The fourth-order valence-electron chi connectivity index (χ4n) is 7.98. The monoisotopic (exact) mass is 907 g/mol. The number of benzene rings is 3. The van der Waals surface area contributed by atoms with E-state index in [-0.39, 0.29) is 0 Å². The predicted octanol–water partition coefficient (Wildman–Crippen LogP) is 9.61. The zero-order valence-corrected chi connectivity index (χ0v) is 39.3. The van der Waals surface area contributed by atoms with Gasteiger partial charge >= 0.3 is 0 Å². The molecule has 0 saturated carbocycles. The second kappa shape index (κ2) is 19.2. The summed E-state index contributed by atoms with van der Waals surface area (Å²) in [6.07, 6.45) is 12.5. The maximum absolute atomic E-state index is 4.70. The van der Waals surface area contributed by atoms with Gasteiger partial charge in [-0.15, -0.1) is 15.3 Å². The van der Waals surface area contributed by atoms with Crippen molar-refractivity contribution in [2.45, 2.75) is 67.2 Å². The van der Waals surface area contributed by atoms with Crippen molar-refractivity contribution < 1.29 is 0 Å². The molecule has 340 valence electrons. The van der Waals surface area contributed by atoms with Crippen LogP contribution in [0, 0.1) is 41.5 Å². The highest BCUT2D eigenvalue weighted by Crippen LogP contribution is 2.18. The molecule has 0 aliphatic carbocycles. The van der Waals surface area contributed by atoms with Gasteiger partial charge in [0.1, 0.15) is 17.5 Å². The topological polar surface area (TPSA) is 168 Å². The van der Waals surface area contributed by atoms with Crippen LogP contribution in [0.15, 0.2) is 128 Å². The van der Waals surface area contributed by atoms with Crippen LogP contribution in [-0.4, -0.2) is 73.7 Å². The number of pyridine rings is 3. The highest BCUT2D eigenvalue weighted by atomic mass is 15.3. The van der Waals surface area contributed by atoms with Gasteiger partial charge in [0, 0.05) is 75.7 Å². The van der Waals surface area contributed by atoms with Crippen molar-refractivity contribution >= 4 is 61.8 Å². The normalized spacial score (nSPS) is 11.5. The molecular formula is C54H49N15. The second-order valence-electron chi connectivity index (χ2n) is 17.0. The number of para-hydroxylation sites is 3. The first-order valence-corrected chi connectivity index (χ1v) is 22.9. The van der Waals surface area contributed by atoms with E-state index in [0.717, 1.165) is 127 Å². The number of hydrogen-bond acceptors (Lipinski definition) is 12. The van der Waals surface area contributed by atoms with Gasteiger partial charge in [0.05, 0.1) is 22.2 Å². The van der Waals surface area contributed by atoms with Gasteiger partial charge in [-0.1, -0.05) is 72.8 Å². The molecule has 0 saturated heterocycles. The van der Waals surface area contributed by atoms with Gasteiger partial charge in [-0.3, -0.25) is 9.97 Å². The SMILES string of the molecule is Cc1cnc(C)n2nc(/C=C/c3ccc4ccccc4n3)nc12.Cc1cnc(C)n2nc(CCc3ccc4ccccc4n3)nc12.Cc1cnc(C)n2nc(CCc3ccc4ccccc4n3)nc12. The molecule has 0 spiro atoms. The molecule has 0 bridgehead atoms. The Hall–Kier alpha value is -8.72. The molecule has 0 atom stereocenters. The zero-order valence-electron chi connectivity index (χ0n) is 39.3. The lowest BCUT2D eigenvalue weighted by Crippen LogP contribution is -1.99. The summed E-state index contributed by atoms with van der Waals surface area (Å²) in [6.45, 7) is 11.8. The molecule has 15 nitrogen and oxygen atoms in total. The summed E-state index contributed by atoms with van der Waals surface area (Å²) in [7, 11) is 0. The predicted molar refractivity (Wildman–Crippen MR) is 270 cm³/mol. The van der Waals surface area contributed by atoms with Crippen molar-refractivity contribution in [2.24, 2.45) is 0 Å². The van der Waals surface area contributed by atoms with Crippen molar-refractivity contribution in [2.75, 3.05) is 0 Å². The smallest absolute Gasteiger partial charge is 0.175 e. The number of rotatable bonds is 8. The molecule has 12 aromatic rings. The van der Waals surface area contributed by atoms with Gasteiger partial charge in [-0.25, -0.2) is 34.9 Å². The molecule has 0 radical (unpaired) electrons. The molecule has 0 fully saturated rings. The van der Waals surface area contributed by atoms with Crippen LogP contribution in [0.5, 0.6) is 0 Å². The van der Waals surface area contributed by atoms with Crippen molar-refractivity contribution in [1.29, 1.82) is 0 Å². The first kappa shape index (κ1) is 44.1. The van der Waals surface area contributed by atoms with Crippen LogP contribution in [0.3, 0.4) is 0 Å². The van der Waals surface area contributed by atoms with E-state index in [4.69, 9.17) is 9.97 Å². The maximum atomic E-state index is 4.70. The molecule has 0 N–H and O–H groups in total. The number of fused-ring (bicyclic) bond motifs is 6. The maximum Gasteiger partial charge on any atom is 0.175 e. The number of aryl methyl sites for hydroxylation is 10. The van der Waals surface area contributed by atoms with Crippen molar-refractivity contribution in [3.8, 4) is 0 Å². The van der Waals surface area contributed by atoms with Crippen LogP contribution in [0.25, 0.3) is 61.8 Å². The van der Waals surface area contributed by atoms with Crippen LogP contribution < -0.4 is 0 Å². The van der Waals surface area contributed by atoms with E-state index >= 15 is 0 Å². The summed E-state index contributed by atoms with van der Waals surface area (Å²) in [5.74, 6) is 4.85. The van der Waals surface area contributed by atoms with E-state index in [1.807, 2.05) is 142 Å². The molecule has 9 heterocycles. The number of nitrogens with zero attached hydrogens (tertiary/aromatic N) is 15. The van der Waals surface area contributed by atoms with Gasteiger partial charge in [-0.2, -0.15) is 13.5 Å². The van der Waals surface area contributed by atoms with E-state index in [1.54, 1.807) is 4.52 Å². The first-order chi connectivity index (χ1) is 33.6. The Morgan fingerprint density at radius 3 is 1.23 bits per heavy atom. The third-order valence-electron chi connectivity index (χ3n) is 11.8. The second-order valence-corrected chi connectivity index (χ2v) is 17.0. The van der Waals surface area contributed by atoms with Crippen LogP contribution in [0.1, 0.15) is 68.7 Å². The van der Waals surface area contributed by atoms with Crippen molar-refractivity contribution in [1.82, 2.24) is 73.7 Å². The lowest BCUT2D eigenvalue weighted by atomic mass is 10.1. The average Bonchev–Trinajstić information content (AvgIpc) is 4.15. The summed E-state index contributed by atoms with van der Waals surface area (Å²) in [4.78, 5) is 40.8. The Kier molecular flexibility index (Phi) is 12.3. The lowest BCUT2D eigenvalue weighted by Gasteiger charge is -2.01. The summed E-state index contributed by atoms with van der Waals surface area (Å²) >= 11 is 0. The van der Waals surface area contributed by atoms with Gasteiger partial charge in [0.25, 0.3) is 0 Å². The minimum absolute atomic E-state index is 0.652. The molecule has 0 aliphatic heterocycles. The highest BCUT2D eigenvalue weighted by Gasteiger charge is 2.12. The van der Waals surface area contributed by atoms with Crippen LogP contribution >= 0.6 is 0 Å².